The van der Waals surface area contributed by atoms with Gasteiger partial charge in [-0.25, -0.2) is 19.2 Å². The van der Waals surface area contributed by atoms with Crippen LogP contribution in [0.1, 0.15) is 34.5 Å². The third-order valence-corrected chi connectivity index (χ3v) is 6.09. The average molecular weight is 535 g/mol. The maximum absolute atomic E-state index is 13.6. The van der Waals surface area contributed by atoms with Crippen LogP contribution in [0.3, 0.4) is 0 Å². The maximum Gasteiger partial charge on any atom is 0.335 e. The lowest BCUT2D eigenvalue weighted by Gasteiger charge is -2.27. The van der Waals surface area contributed by atoms with E-state index in [1.54, 1.807) is 19.1 Å². The number of hydrogen-bond acceptors (Lipinski definition) is 8. The number of aliphatic imine (C=N–C) groups is 1. The zero-order chi connectivity index (χ0) is 27.0. The van der Waals surface area contributed by atoms with Crippen molar-refractivity contribution in [2.75, 3.05) is 10.6 Å². The van der Waals surface area contributed by atoms with Gasteiger partial charge in [0.15, 0.2) is 5.58 Å². The largest absolute Gasteiger partial charge is 0.478 e. The molecule has 4 N–H and O–H groups in total. The smallest absolute Gasteiger partial charge is 0.335 e. The molecule has 0 aliphatic carbocycles. The number of rotatable bonds is 5. The van der Waals surface area contributed by atoms with Crippen molar-refractivity contribution >= 4 is 52.4 Å². The van der Waals surface area contributed by atoms with Crippen molar-refractivity contribution < 1.29 is 23.5 Å². The van der Waals surface area contributed by atoms with Gasteiger partial charge >= 0.3 is 12.0 Å². The van der Waals surface area contributed by atoms with Gasteiger partial charge in [-0.1, -0.05) is 23.7 Å². The minimum absolute atomic E-state index is 0.0244. The Morgan fingerprint density at radius 3 is 2.71 bits per heavy atom. The maximum atomic E-state index is 13.6. The molecule has 5 rings (SSSR count). The molecule has 0 spiro atoms. The summed E-state index contributed by atoms with van der Waals surface area (Å²) in [5.41, 5.74) is 2.85. The number of pyridine rings is 1. The summed E-state index contributed by atoms with van der Waals surface area (Å²) in [7, 11) is 0. The van der Waals surface area contributed by atoms with Crippen molar-refractivity contribution in [3.63, 3.8) is 0 Å². The van der Waals surface area contributed by atoms with Gasteiger partial charge in [-0.3, -0.25) is 10.1 Å². The molecule has 2 aromatic heterocycles. The zero-order valence-corrected chi connectivity index (χ0v) is 20.8. The molecule has 3 heterocycles. The van der Waals surface area contributed by atoms with Gasteiger partial charge in [-0.2, -0.15) is 4.98 Å². The molecule has 0 saturated carbocycles. The third-order valence-electron chi connectivity index (χ3n) is 5.76. The summed E-state index contributed by atoms with van der Waals surface area (Å²) in [5, 5.41) is 18.3. The number of amides is 1. The van der Waals surface area contributed by atoms with Gasteiger partial charge in [-0.15, -0.1) is 0 Å². The molecule has 2 aromatic carbocycles. The van der Waals surface area contributed by atoms with E-state index < -0.39 is 23.7 Å². The highest BCUT2D eigenvalue weighted by Gasteiger charge is 2.31. The van der Waals surface area contributed by atoms with Crippen LogP contribution >= 0.6 is 11.6 Å². The minimum atomic E-state index is -1.15. The second-order valence-electron chi connectivity index (χ2n) is 8.51. The summed E-state index contributed by atoms with van der Waals surface area (Å²) in [6.07, 6.45) is 1.29. The summed E-state index contributed by atoms with van der Waals surface area (Å²) >= 11 is 6.56. The number of oxazole rings is 1. The number of aromatic nitrogens is 2. The number of halogens is 2. The number of allylic oxidation sites excluding steroid dienone is 1. The highest BCUT2D eigenvalue weighted by Crippen LogP contribution is 2.36. The number of carboxylic acid groups (broad SMARTS) is 1. The van der Waals surface area contributed by atoms with Crippen molar-refractivity contribution in [2.24, 2.45) is 4.99 Å². The fourth-order valence-electron chi connectivity index (χ4n) is 3.98. The topological polar surface area (TPSA) is 142 Å². The molecule has 0 radical (unpaired) electrons. The number of carboxylic acids is 1. The summed E-state index contributed by atoms with van der Waals surface area (Å²) in [6, 6.07) is 11.2. The number of guanidine groups is 1. The van der Waals surface area contributed by atoms with E-state index in [9.17, 15) is 19.1 Å². The Labute approximate surface area is 220 Å². The summed E-state index contributed by atoms with van der Waals surface area (Å²) in [6.45, 7) is 3.57. The van der Waals surface area contributed by atoms with Crippen LogP contribution in [0, 0.1) is 12.7 Å². The number of nitrogens with one attached hydrogen (secondary N) is 3. The minimum Gasteiger partial charge on any atom is -0.478 e. The quantitative estimate of drug-likeness (QED) is 0.279. The van der Waals surface area contributed by atoms with Crippen LogP contribution in [0.25, 0.3) is 11.1 Å². The monoisotopic (exact) mass is 534 g/mol. The molecule has 10 nitrogen and oxygen atoms in total. The van der Waals surface area contributed by atoms with Crippen LogP contribution in [0.5, 0.6) is 0 Å². The molecule has 1 aliphatic rings. The van der Waals surface area contributed by atoms with Crippen molar-refractivity contribution in [1.82, 2.24) is 15.3 Å². The standard InChI is InChI=1S/C26H20ClFN6O4/c1-12-3-5-16(17(27)9-12)22-21(23(35)32-20-10-14(24(36)37)7-8-29-20)13(2)30-25(33-22)34-26-31-18-6-4-15(28)11-19(18)38-26/h3-11,22H,1-2H3,(H,36,37)(H,29,32,35)(H2,30,31,33,34)/t22-/m0/s1. The number of aromatic carboxylic acids is 1. The highest BCUT2D eigenvalue weighted by molar-refractivity contribution is 6.31. The number of anilines is 2. The van der Waals surface area contributed by atoms with E-state index in [2.05, 4.69) is 30.9 Å². The van der Waals surface area contributed by atoms with Gasteiger partial charge in [-0.05, 0) is 49.7 Å². The average Bonchev–Trinajstić information content (AvgIpc) is 3.25. The van der Waals surface area contributed by atoms with Gasteiger partial charge in [0.1, 0.15) is 23.2 Å². The van der Waals surface area contributed by atoms with Gasteiger partial charge in [0.2, 0.25) is 5.96 Å². The predicted octanol–water partition coefficient (Wildman–Crippen LogP) is 5.05. The zero-order valence-electron chi connectivity index (χ0n) is 20.0. The number of nitrogens with zero attached hydrogens (tertiary/aromatic N) is 3. The molecule has 12 heteroatoms. The lowest BCUT2D eigenvalue weighted by molar-refractivity contribution is -0.113. The van der Waals surface area contributed by atoms with E-state index in [-0.39, 0.29) is 34.5 Å². The van der Waals surface area contributed by atoms with Crippen LogP contribution < -0.4 is 16.0 Å². The fraction of sp³-hybridized carbons (Fsp3) is 0.115. The molecule has 1 amide bonds. The molecule has 192 valence electrons. The Morgan fingerprint density at radius 2 is 1.95 bits per heavy atom. The SMILES string of the molecule is CC1=C(C(=O)Nc2cc(C(=O)O)ccn2)[C@H](c2ccc(C)cc2Cl)N=C(Nc2nc3ccc(F)cc3o2)N1. The number of aryl methyl sites for hydroxylation is 1. The van der Waals surface area contributed by atoms with E-state index >= 15 is 0 Å². The van der Waals surface area contributed by atoms with E-state index in [1.165, 1.54) is 36.5 Å². The Bertz CT molecular complexity index is 1660. The first-order chi connectivity index (χ1) is 18.2. The van der Waals surface area contributed by atoms with Crippen LogP contribution in [0.4, 0.5) is 16.2 Å². The van der Waals surface area contributed by atoms with Gasteiger partial charge < -0.3 is 20.2 Å². The Balaban J connectivity index is 1.50. The molecular weight excluding hydrogens is 515 g/mol. The molecule has 0 saturated heterocycles. The molecule has 4 aromatic rings. The van der Waals surface area contributed by atoms with Crippen LogP contribution in [-0.2, 0) is 4.79 Å². The number of fused-ring (bicyclic) bond motifs is 1. The first-order valence-corrected chi connectivity index (χ1v) is 11.7. The number of carbonyl (C=O) groups is 2. The predicted molar refractivity (Wildman–Crippen MR) is 140 cm³/mol. The van der Waals surface area contributed by atoms with E-state index in [4.69, 9.17) is 16.0 Å². The van der Waals surface area contributed by atoms with Gasteiger partial charge in [0.05, 0.1) is 11.1 Å². The number of hydrogen-bond donors (Lipinski definition) is 4. The molecule has 1 aliphatic heterocycles. The Morgan fingerprint density at radius 1 is 1.13 bits per heavy atom. The van der Waals surface area contributed by atoms with Crippen molar-refractivity contribution in [2.45, 2.75) is 19.9 Å². The molecule has 38 heavy (non-hydrogen) atoms. The number of benzene rings is 2. The Hall–Kier alpha value is -4.77. The molecule has 0 fully saturated rings. The third kappa shape index (κ3) is 5.04. The lowest BCUT2D eigenvalue weighted by Crippen LogP contribution is -2.37. The van der Waals surface area contributed by atoms with Crippen LogP contribution in [0.15, 0.2) is 75.4 Å². The highest BCUT2D eigenvalue weighted by atomic mass is 35.5. The van der Waals surface area contributed by atoms with Crippen LogP contribution in [0.2, 0.25) is 5.02 Å². The number of carbonyl (C=O) groups excluding carboxylic acids is 1. The van der Waals surface area contributed by atoms with Crippen molar-refractivity contribution in [3.05, 3.63) is 93.5 Å². The summed E-state index contributed by atoms with van der Waals surface area (Å²) < 4.78 is 19.2. The van der Waals surface area contributed by atoms with Crippen molar-refractivity contribution in [3.8, 4) is 0 Å². The van der Waals surface area contributed by atoms with Gasteiger partial charge in [0, 0.05) is 28.5 Å². The van der Waals surface area contributed by atoms with Gasteiger partial charge in [0.25, 0.3) is 5.91 Å². The second kappa shape index (κ2) is 9.94. The second-order valence-corrected chi connectivity index (χ2v) is 8.92. The lowest BCUT2D eigenvalue weighted by atomic mass is 9.95. The molecule has 0 bridgehead atoms. The molecule has 1 atom stereocenters. The first kappa shape index (κ1) is 24.9. The molecular formula is C26H20ClFN6O4. The van der Waals surface area contributed by atoms with Crippen LogP contribution in [-0.4, -0.2) is 32.9 Å². The first-order valence-electron chi connectivity index (χ1n) is 11.3. The summed E-state index contributed by atoms with van der Waals surface area (Å²) in [5.74, 6) is -1.87. The Kier molecular flexibility index (Phi) is 6.52. The van der Waals surface area contributed by atoms with E-state index in [0.717, 1.165) is 5.56 Å². The molecule has 0 unspecified atom stereocenters. The van der Waals surface area contributed by atoms with E-state index in [1.807, 2.05) is 13.0 Å². The summed E-state index contributed by atoms with van der Waals surface area (Å²) in [4.78, 5) is 37.8. The van der Waals surface area contributed by atoms with Crippen molar-refractivity contribution in [1.29, 1.82) is 0 Å². The normalized spacial score (nSPS) is 15.2. The fourth-order valence-corrected chi connectivity index (χ4v) is 4.32. The van der Waals surface area contributed by atoms with E-state index in [0.29, 0.717) is 21.8 Å².